The van der Waals surface area contributed by atoms with E-state index in [2.05, 4.69) is 6.92 Å². The van der Waals surface area contributed by atoms with E-state index in [9.17, 15) is 18.7 Å². The standard InChI is InChI=1S/C16H20F2O2/c1-2-11-5-7-16(8-6-11,15(19)20)10-12-3-4-13(17)9-14(12)18/h3-4,9,11H,2,5-8,10H2,1H3,(H,19,20). The lowest BCUT2D eigenvalue weighted by molar-refractivity contribution is -0.151. The Morgan fingerprint density at radius 1 is 1.35 bits per heavy atom. The van der Waals surface area contributed by atoms with Crippen LogP contribution in [-0.2, 0) is 11.2 Å². The molecule has 1 aliphatic rings. The average molecular weight is 282 g/mol. The third-order valence-corrected chi connectivity index (χ3v) is 4.64. The topological polar surface area (TPSA) is 37.3 Å². The van der Waals surface area contributed by atoms with Crippen LogP contribution in [0.15, 0.2) is 18.2 Å². The molecular weight excluding hydrogens is 262 g/mol. The molecule has 20 heavy (non-hydrogen) atoms. The van der Waals surface area contributed by atoms with Gasteiger partial charge in [0.15, 0.2) is 0 Å². The first kappa shape index (κ1) is 14.9. The number of hydrogen-bond acceptors (Lipinski definition) is 1. The van der Waals surface area contributed by atoms with Crippen LogP contribution in [-0.4, -0.2) is 11.1 Å². The molecule has 1 aromatic rings. The first-order valence-electron chi connectivity index (χ1n) is 7.14. The number of carboxylic acids is 1. The minimum Gasteiger partial charge on any atom is -0.481 e. The summed E-state index contributed by atoms with van der Waals surface area (Å²) >= 11 is 0. The zero-order valence-corrected chi connectivity index (χ0v) is 11.7. The smallest absolute Gasteiger partial charge is 0.309 e. The molecule has 110 valence electrons. The molecule has 4 heteroatoms. The normalized spacial score (nSPS) is 26.4. The molecule has 0 unspecified atom stereocenters. The molecule has 1 N–H and O–H groups in total. The molecule has 0 radical (unpaired) electrons. The van der Waals surface area contributed by atoms with E-state index in [0.717, 1.165) is 25.3 Å². The van der Waals surface area contributed by atoms with Crippen LogP contribution in [0.5, 0.6) is 0 Å². The molecule has 1 fully saturated rings. The lowest BCUT2D eigenvalue weighted by atomic mass is 9.67. The zero-order chi connectivity index (χ0) is 14.8. The first-order valence-corrected chi connectivity index (χ1v) is 7.14. The van der Waals surface area contributed by atoms with Crippen molar-refractivity contribution in [3.8, 4) is 0 Å². The Balaban J connectivity index is 2.20. The summed E-state index contributed by atoms with van der Waals surface area (Å²) in [5.74, 6) is -1.58. The van der Waals surface area contributed by atoms with Gasteiger partial charge < -0.3 is 5.11 Å². The van der Waals surface area contributed by atoms with Crippen molar-refractivity contribution in [2.75, 3.05) is 0 Å². The van der Waals surface area contributed by atoms with Crippen molar-refractivity contribution in [2.24, 2.45) is 11.3 Å². The van der Waals surface area contributed by atoms with E-state index in [4.69, 9.17) is 0 Å². The van der Waals surface area contributed by atoms with Crippen LogP contribution in [0.1, 0.15) is 44.6 Å². The van der Waals surface area contributed by atoms with Crippen LogP contribution in [0.25, 0.3) is 0 Å². The Hall–Kier alpha value is -1.45. The van der Waals surface area contributed by atoms with Gasteiger partial charge in [0.1, 0.15) is 11.6 Å². The van der Waals surface area contributed by atoms with Crippen molar-refractivity contribution in [1.82, 2.24) is 0 Å². The minimum atomic E-state index is -0.898. The summed E-state index contributed by atoms with van der Waals surface area (Å²) in [5, 5.41) is 9.56. The number of halogens is 2. The second kappa shape index (κ2) is 5.90. The maximum Gasteiger partial charge on any atom is 0.309 e. The lowest BCUT2D eigenvalue weighted by Gasteiger charge is -2.36. The summed E-state index contributed by atoms with van der Waals surface area (Å²) in [6, 6.07) is 3.37. The Morgan fingerprint density at radius 2 is 2.00 bits per heavy atom. The van der Waals surface area contributed by atoms with E-state index in [-0.39, 0.29) is 6.42 Å². The summed E-state index contributed by atoms with van der Waals surface area (Å²) in [7, 11) is 0. The van der Waals surface area contributed by atoms with Crippen molar-refractivity contribution < 1.29 is 18.7 Å². The maximum absolute atomic E-state index is 13.7. The quantitative estimate of drug-likeness (QED) is 0.899. The molecular formula is C16H20F2O2. The molecule has 0 bridgehead atoms. The van der Waals surface area contributed by atoms with E-state index in [0.29, 0.717) is 24.3 Å². The Labute approximate surface area is 117 Å². The van der Waals surface area contributed by atoms with Crippen LogP contribution >= 0.6 is 0 Å². The van der Waals surface area contributed by atoms with Crippen molar-refractivity contribution in [3.05, 3.63) is 35.4 Å². The summed E-state index contributed by atoms with van der Waals surface area (Å²) in [5.41, 5.74) is -0.603. The van der Waals surface area contributed by atoms with Gasteiger partial charge >= 0.3 is 5.97 Å². The molecule has 0 heterocycles. The van der Waals surface area contributed by atoms with Gasteiger partial charge in [-0.05, 0) is 49.7 Å². The number of benzene rings is 1. The van der Waals surface area contributed by atoms with Crippen LogP contribution in [0.3, 0.4) is 0 Å². The molecule has 0 amide bonds. The molecule has 2 nitrogen and oxygen atoms in total. The summed E-state index contributed by atoms with van der Waals surface area (Å²) in [6.45, 7) is 2.11. The Morgan fingerprint density at radius 3 is 2.50 bits per heavy atom. The third kappa shape index (κ3) is 3.00. The Kier molecular flexibility index (Phi) is 4.41. The van der Waals surface area contributed by atoms with Gasteiger partial charge in [0.05, 0.1) is 5.41 Å². The number of aliphatic carboxylic acids is 1. The van der Waals surface area contributed by atoms with Gasteiger partial charge in [-0.3, -0.25) is 4.79 Å². The second-order valence-corrected chi connectivity index (χ2v) is 5.85. The molecule has 2 rings (SSSR count). The predicted octanol–water partition coefficient (Wildman–Crippen LogP) is 4.18. The van der Waals surface area contributed by atoms with Crippen molar-refractivity contribution in [1.29, 1.82) is 0 Å². The van der Waals surface area contributed by atoms with Gasteiger partial charge in [-0.15, -0.1) is 0 Å². The highest BCUT2D eigenvalue weighted by molar-refractivity contribution is 5.75. The number of carboxylic acid groups (broad SMARTS) is 1. The van der Waals surface area contributed by atoms with Crippen LogP contribution in [0.2, 0.25) is 0 Å². The number of hydrogen-bond donors (Lipinski definition) is 1. The van der Waals surface area contributed by atoms with Gasteiger partial charge in [0.25, 0.3) is 0 Å². The highest BCUT2D eigenvalue weighted by Crippen LogP contribution is 2.43. The zero-order valence-electron chi connectivity index (χ0n) is 11.7. The van der Waals surface area contributed by atoms with Gasteiger partial charge in [-0.2, -0.15) is 0 Å². The molecule has 1 aromatic carbocycles. The average Bonchev–Trinajstić information content (AvgIpc) is 2.42. The summed E-state index contributed by atoms with van der Waals surface area (Å²) in [4.78, 5) is 11.7. The fourth-order valence-electron chi connectivity index (χ4n) is 3.13. The largest absolute Gasteiger partial charge is 0.481 e. The first-order chi connectivity index (χ1) is 9.47. The number of carbonyl (C=O) groups is 1. The monoisotopic (exact) mass is 282 g/mol. The highest BCUT2D eigenvalue weighted by Gasteiger charge is 2.42. The molecule has 0 saturated heterocycles. The molecule has 1 saturated carbocycles. The van der Waals surface area contributed by atoms with Crippen LogP contribution < -0.4 is 0 Å². The van der Waals surface area contributed by atoms with E-state index >= 15 is 0 Å². The lowest BCUT2D eigenvalue weighted by Crippen LogP contribution is -2.37. The third-order valence-electron chi connectivity index (χ3n) is 4.64. The van der Waals surface area contributed by atoms with Crippen molar-refractivity contribution in [3.63, 3.8) is 0 Å². The van der Waals surface area contributed by atoms with E-state index < -0.39 is 23.0 Å². The van der Waals surface area contributed by atoms with Gasteiger partial charge in [0, 0.05) is 6.07 Å². The molecule has 0 spiro atoms. The molecule has 0 atom stereocenters. The summed E-state index contributed by atoms with van der Waals surface area (Å²) < 4.78 is 26.7. The minimum absolute atomic E-state index is 0.144. The Bertz CT molecular complexity index is 491. The van der Waals surface area contributed by atoms with Gasteiger partial charge in [-0.25, -0.2) is 8.78 Å². The highest BCUT2D eigenvalue weighted by atomic mass is 19.1. The van der Waals surface area contributed by atoms with Crippen molar-refractivity contribution in [2.45, 2.75) is 45.4 Å². The van der Waals surface area contributed by atoms with E-state index in [1.165, 1.54) is 12.1 Å². The maximum atomic E-state index is 13.7. The predicted molar refractivity (Wildman–Crippen MR) is 72.4 cm³/mol. The fraction of sp³-hybridized carbons (Fsp3) is 0.562. The fourth-order valence-corrected chi connectivity index (χ4v) is 3.13. The molecule has 0 aromatic heterocycles. The van der Waals surface area contributed by atoms with Crippen LogP contribution in [0, 0.1) is 23.0 Å². The SMILES string of the molecule is CCC1CCC(Cc2ccc(F)cc2F)(C(=O)O)CC1. The second-order valence-electron chi connectivity index (χ2n) is 5.85. The van der Waals surface area contributed by atoms with Gasteiger partial charge in [0.2, 0.25) is 0 Å². The van der Waals surface area contributed by atoms with E-state index in [1.807, 2.05) is 0 Å². The van der Waals surface area contributed by atoms with Crippen molar-refractivity contribution >= 4 is 5.97 Å². The summed E-state index contributed by atoms with van der Waals surface area (Å²) in [6.07, 6.45) is 4.07. The van der Waals surface area contributed by atoms with E-state index in [1.54, 1.807) is 0 Å². The van der Waals surface area contributed by atoms with Crippen LogP contribution in [0.4, 0.5) is 8.78 Å². The molecule has 0 aliphatic heterocycles. The van der Waals surface area contributed by atoms with Gasteiger partial charge in [-0.1, -0.05) is 19.4 Å². The number of rotatable bonds is 4. The molecule has 1 aliphatic carbocycles.